The molecule has 0 spiro atoms. The normalized spacial score (nSPS) is 17.0. The van der Waals surface area contributed by atoms with E-state index < -0.39 is 21.9 Å². The summed E-state index contributed by atoms with van der Waals surface area (Å²) in [6.45, 7) is 14.3. The number of benzene rings is 3. The molecular formula is C34H45NO5S. The second-order valence-electron chi connectivity index (χ2n) is 13.1. The van der Waals surface area contributed by atoms with E-state index in [0.717, 1.165) is 41.5 Å². The molecule has 6 nitrogen and oxygen atoms in total. The van der Waals surface area contributed by atoms with Crippen molar-refractivity contribution >= 4 is 10.0 Å². The average Bonchev–Trinajstić information content (AvgIpc) is 3.08. The van der Waals surface area contributed by atoms with Crippen molar-refractivity contribution in [3.05, 3.63) is 82.9 Å². The van der Waals surface area contributed by atoms with Crippen LogP contribution in [0.4, 0.5) is 0 Å². The van der Waals surface area contributed by atoms with Gasteiger partial charge in [-0.15, -0.1) is 0 Å². The van der Waals surface area contributed by atoms with Gasteiger partial charge in [0.2, 0.25) is 10.0 Å². The third-order valence-corrected chi connectivity index (χ3v) is 8.81. The highest BCUT2D eigenvalue weighted by molar-refractivity contribution is 7.89. The highest BCUT2D eigenvalue weighted by Crippen LogP contribution is 2.36. The monoisotopic (exact) mass is 579 g/mol. The Balaban J connectivity index is 1.54. The number of rotatable bonds is 8. The van der Waals surface area contributed by atoms with E-state index in [1.54, 1.807) is 12.1 Å². The molecule has 0 saturated carbocycles. The fourth-order valence-electron chi connectivity index (χ4n) is 5.31. The van der Waals surface area contributed by atoms with Crippen LogP contribution in [0, 0.1) is 6.92 Å². The van der Waals surface area contributed by atoms with Gasteiger partial charge < -0.3 is 14.6 Å². The summed E-state index contributed by atoms with van der Waals surface area (Å²) in [5.41, 5.74) is 5.91. The van der Waals surface area contributed by atoms with Gasteiger partial charge in [0.05, 0.1) is 10.5 Å². The van der Waals surface area contributed by atoms with E-state index in [0.29, 0.717) is 12.2 Å². The first-order valence-electron chi connectivity index (χ1n) is 14.5. The van der Waals surface area contributed by atoms with E-state index >= 15 is 0 Å². The molecule has 4 rings (SSSR count). The molecule has 0 aliphatic heterocycles. The lowest BCUT2D eigenvalue weighted by Gasteiger charge is -2.25. The Kier molecular flexibility index (Phi) is 9.34. The van der Waals surface area contributed by atoms with Crippen LogP contribution in [0.25, 0.3) is 11.1 Å². The van der Waals surface area contributed by atoms with Gasteiger partial charge in [-0.05, 0) is 98.4 Å². The summed E-state index contributed by atoms with van der Waals surface area (Å²) in [7, 11) is -3.77. The molecule has 0 amide bonds. The molecule has 0 heterocycles. The summed E-state index contributed by atoms with van der Waals surface area (Å²) in [6, 6.07) is 19.0. The van der Waals surface area contributed by atoms with Gasteiger partial charge in [-0.1, -0.05) is 75.2 Å². The maximum atomic E-state index is 13.6. The summed E-state index contributed by atoms with van der Waals surface area (Å²) in [4.78, 5) is 0.241. The van der Waals surface area contributed by atoms with Crippen molar-refractivity contribution in [3.63, 3.8) is 0 Å². The zero-order valence-electron chi connectivity index (χ0n) is 25.5. The molecule has 3 aromatic carbocycles. The molecule has 0 aromatic heterocycles. The van der Waals surface area contributed by atoms with E-state index in [4.69, 9.17) is 9.47 Å². The number of nitrogens with one attached hydrogen (secondary N) is 1. The van der Waals surface area contributed by atoms with Crippen LogP contribution in [-0.2, 0) is 26.6 Å². The van der Waals surface area contributed by atoms with Crippen LogP contribution >= 0.6 is 0 Å². The van der Waals surface area contributed by atoms with Crippen molar-refractivity contribution in [1.29, 1.82) is 0 Å². The molecule has 41 heavy (non-hydrogen) atoms. The highest BCUT2D eigenvalue weighted by atomic mass is 32.2. The van der Waals surface area contributed by atoms with Crippen molar-refractivity contribution < 1.29 is 23.0 Å². The van der Waals surface area contributed by atoms with Crippen molar-refractivity contribution in [2.24, 2.45) is 0 Å². The largest absolute Gasteiger partial charge is 0.488 e. The molecule has 0 bridgehead atoms. The molecule has 3 aromatic rings. The first-order valence-corrected chi connectivity index (χ1v) is 16.0. The smallest absolute Gasteiger partial charge is 0.241 e. The fourth-order valence-corrected chi connectivity index (χ4v) is 6.56. The number of hydrogen-bond acceptors (Lipinski definition) is 5. The topological polar surface area (TPSA) is 84.9 Å². The van der Waals surface area contributed by atoms with Gasteiger partial charge in [0, 0.05) is 6.04 Å². The lowest BCUT2D eigenvalue weighted by molar-refractivity contribution is -0.178. The Morgan fingerprint density at radius 2 is 1.66 bits per heavy atom. The van der Waals surface area contributed by atoms with Gasteiger partial charge in [-0.3, -0.25) is 0 Å². The quantitative estimate of drug-likeness (QED) is 0.217. The standard InChI is InChI=1S/C34H45NO5S/c1-23-19-25(21-26(20-23)33(2,3)4)24-15-17-27(18-16-24)41(37,38)35-30-13-9-8-11-29-28(30)12-10-14-31(29)39-22-32(36)40-34(5,6)7/h10,12,14-21,30,32,35-36H,8-9,11,13,22H2,1-7H3. The Bertz CT molecular complexity index is 1450. The van der Waals surface area contributed by atoms with Gasteiger partial charge in [0.25, 0.3) is 0 Å². The minimum Gasteiger partial charge on any atom is -0.488 e. The Labute approximate surface area is 246 Å². The molecule has 2 N–H and O–H groups in total. The average molecular weight is 580 g/mol. The first kappa shape index (κ1) is 31.2. The number of aliphatic hydroxyl groups excluding tert-OH is 1. The van der Waals surface area contributed by atoms with E-state index in [9.17, 15) is 13.5 Å². The summed E-state index contributed by atoms with van der Waals surface area (Å²) >= 11 is 0. The third-order valence-electron chi connectivity index (χ3n) is 7.32. The van der Waals surface area contributed by atoms with Crippen LogP contribution in [0.15, 0.2) is 65.6 Å². The van der Waals surface area contributed by atoms with Gasteiger partial charge in [-0.2, -0.15) is 0 Å². The van der Waals surface area contributed by atoms with E-state index in [1.807, 2.05) is 51.1 Å². The number of ether oxygens (including phenoxy) is 2. The lowest BCUT2D eigenvalue weighted by Crippen LogP contribution is -2.31. The summed E-state index contributed by atoms with van der Waals surface area (Å²) in [6.07, 6.45) is 2.23. The number of hydrogen-bond donors (Lipinski definition) is 2. The Morgan fingerprint density at radius 1 is 0.951 bits per heavy atom. The molecule has 0 fully saturated rings. The molecule has 0 saturated heterocycles. The maximum Gasteiger partial charge on any atom is 0.241 e. The zero-order chi connectivity index (χ0) is 30.0. The van der Waals surface area contributed by atoms with Crippen LogP contribution in [0.3, 0.4) is 0 Å². The summed E-state index contributed by atoms with van der Waals surface area (Å²) in [5.74, 6) is 0.655. The maximum absolute atomic E-state index is 13.6. The van der Waals surface area contributed by atoms with Crippen molar-refractivity contribution in [1.82, 2.24) is 4.72 Å². The van der Waals surface area contributed by atoms with Crippen LogP contribution in [0.5, 0.6) is 5.75 Å². The lowest BCUT2D eigenvalue weighted by atomic mass is 9.84. The minimum atomic E-state index is -3.77. The molecule has 2 unspecified atom stereocenters. The number of aliphatic hydroxyl groups is 1. The van der Waals surface area contributed by atoms with Crippen LogP contribution in [0.2, 0.25) is 0 Å². The third kappa shape index (κ3) is 8.19. The second-order valence-corrected chi connectivity index (χ2v) is 14.8. The van der Waals surface area contributed by atoms with Crippen molar-refractivity contribution in [2.45, 2.75) is 102 Å². The summed E-state index contributed by atoms with van der Waals surface area (Å²) < 4.78 is 41.6. The van der Waals surface area contributed by atoms with Gasteiger partial charge >= 0.3 is 0 Å². The zero-order valence-corrected chi connectivity index (χ0v) is 26.3. The number of aryl methyl sites for hydroxylation is 1. The second kappa shape index (κ2) is 12.3. The van der Waals surface area contributed by atoms with Crippen LogP contribution in [-0.4, -0.2) is 32.0 Å². The SMILES string of the molecule is Cc1cc(-c2ccc(S(=O)(=O)NC3CCCCc4c(OCC(O)OC(C)(C)C)cccc43)cc2)cc(C(C)(C)C)c1. The molecule has 222 valence electrons. The Hall–Kier alpha value is -2.71. The Morgan fingerprint density at radius 3 is 2.32 bits per heavy atom. The molecule has 0 radical (unpaired) electrons. The predicted octanol–water partition coefficient (Wildman–Crippen LogP) is 7.22. The number of sulfonamides is 1. The summed E-state index contributed by atoms with van der Waals surface area (Å²) in [5, 5.41) is 10.3. The van der Waals surface area contributed by atoms with Crippen LogP contribution in [0.1, 0.15) is 89.1 Å². The molecule has 7 heteroatoms. The number of fused-ring (bicyclic) bond motifs is 1. The van der Waals surface area contributed by atoms with Gasteiger partial charge in [0.1, 0.15) is 12.4 Å². The van der Waals surface area contributed by atoms with Gasteiger partial charge in [0.15, 0.2) is 6.29 Å². The van der Waals surface area contributed by atoms with Crippen molar-refractivity contribution in [2.75, 3.05) is 6.61 Å². The highest BCUT2D eigenvalue weighted by Gasteiger charge is 2.27. The fraction of sp³-hybridized carbons (Fsp3) is 0.471. The van der Waals surface area contributed by atoms with E-state index in [1.165, 1.54) is 11.1 Å². The van der Waals surface area contributed by atoms with Crippen LogP contribution < -0.4 is 9.46 Å². The van der Waals surface area contributed by atoms with E-state index in [2.05, 4.69) is 50.6 Å². The van der Waals surface area contributed by atoms with E-state index in [-0.39, 0.29) is 23.0 Å². The predicted molar refractivity (Wildman–Crippen MR) is 165 cm³/mol. The molecule has 1 aliphatic rings. The van der Waals surface area contributed by atoms with Gasteiger partial charge in [-0.25, -0.2) is 13.1 Å². The minimum absolute atomic E-state index is 0.00531. The molecular weight excluding hydrogens is 534 g/mol. The van der Waals surface area contributed by atoms with Crippen molar-refractivity contribution in [3.8, 4) is 16.9 Å². The first-order chi connectivity index (χ1) is 19.1. The molecule has 1 aliphatic carbocycles. The molecule has 2 atom stereocenters.